The first-order chi connectivity index (χ1) is 11.1. The molecule has 0 fully saturated rings. The van der Waals surface area contributed by atoms with E-state index in [9.17, 15) is 9.90 Å². The van der Waals surface area contributed by atoms with E-state index in [1.54, 1.807) is 24.3 Å². The minimum atomic E-state index is -0.756. The maximum absolute atomic E-state index is 12.0. The van der Waals surface area contributed by atoms with Gasteiger partial charge in [0, 0.05) is 11.6 Å². The zero-order valence-corrected chi connectivity index (χ0v) is 13.4. The standard InChI is InChI=1S/C18H19ClN2O2/c19-14-8-5-13(6-9-14)17(22)11-20-18(23)21-16-10-7-12-3-1-2-4-15(12)16/h1-6,8-9,16-17,22H,7,10-11H2,(H2,20,21,23). The molecule has 0 heterocycles. The first-order valence-electron chi connectivity index (χ1n) is 7.69. The highest BCUT2D eigenvalue weighted by molar-refractivity contribution is 6.30. The first-order valence-corrected chi connectivity index (χ1v) is 8.07. The highest BCUT2D eigenvalue weighted by atomic mass is 35.5. The molecule has 4 nitrogen and oxygen atoms in total. The number of benzene rings is 2. The van der Waals surface area contributed by atoms with Crippen LogP contribution in [0.1, 0.15) is 35.3 Å². The number of nitrogens with one attached hydrogen (secondary N) is 2. The van der Waals surface area contributed by atoms with Gasteiger partial charge in [-0.25, -0.2) is 4.79 Å². The van der Waals surface area contributed by atoms with Crippen molar-refractivity contribution in [2.24, 2.45) is 0 Å². The molecule has 2 aromatic rings. The molecule has 1 aliphatic carbocycles. The molecule has 23 heavy (non-hydrogen) atoms. The monoisotopic (exact) mass is 330 g/mol. The second-order valence-electron chi connectivity index (χ2n) is 5.71. The van der Waals surface area contributed by atoms with Crippen LogP contribution in [0.2, 0.25) is 5.02 Å². The summed E-state index contributed by atoms with van der Waals surface area (Å²) in [7, 11) is 0. The summed E-state index contributed by atoms with van der Waals surface area (Å²) in [4.78, 5) is 12.0. The molecule has 120 valence electrons. The Labute approximate surface area is 140 Å². The molecule has 0 spiro atoms. The molecule has 0 aromatic heterocycles. The van der Waals surface area contributed by atoms with Crippen molar-refractivity contribution in [3.63, 3.8) is 0 Å². The second kappa shape index (κ2) is 7.02. The topological polar surface area (TPSA) is 61.4 Å². The number of halogens is 1. The van der Waals surface area contributed by atoms with Gasteiger partial charge in [0.1, 0.15) is 0 Å². The highest BCUT2D eigenvalue weighted by Crippen LogP contribution is 2.30. The normalized spacial score (nSPS) is 17.4. The number of aliphatic hydroxyl groups is 1. The van der Waals surface area contributed by atoms with Crippen LogP contribution in [0.4, 0.5) is 4.79 Å². The Balaban J connectivity index is 1.51. The van der Waals surface area contributed by atoms with Crippen LogP contribution in [0.3, 0.4) is 0 Å². The van der Waals surface area contributed by atoms with E-state index in [4.69, 9.17) is 11.6 Å². The minimum Gasteiger partial charge on any atom is -0.387 e. The van der Waals surface area contributed by atoms with Crippen LogP contribution in [0, 0.1) is 0 Å². The fourth-order valence-electron chi connectivity index (χ4n) is 2.91. The predicted molar refractivity (Wildman–Crippen MR) is 90.5 cm³/mol. The number of amides is 2. The molecular weight excluding hydrogens is 312 g/mol. The molecule has 5 heteroatoms. The first kappa shape index (κ1) is 15.8. The number of aliphatic hydroxyl groups excluding tert-OH is 1. The fourth-order valence-corrected chi connectivity index (χ4v) is 3.03. The SMILES string of the molecule is O=C(NCC(O)c1ccc(Cl)cc1)NC1CCc2ccccc21. The summed E-state index contributed by atoms with van der Waals surface area (Å²) >= 11 is 5.82. The largest absolute Gasteiger partial charge is 0.387 e. The molecule has 0 aliphatic heterocycles. The summed E-state index contributed by atoms with van der Waals surface area (Å²) < 4.78 is 0. The van der Waals surface area contributed by atoms with Gasteiger partial charge in [-0.05, 0) is 41.7 Å². The second-order valence-corrected chi connectivity index (χ2v) is 6.15. The fraction of sp³-hybridized carbons (Fsp3) is 0.278. The maximum atomic E-state index is 12.0. The van der Waals surface area contributed by atoms with Crippen molar-refractivity contribution < 1.29 is 9.90 Å². The van der Waals surface area contributed by atoms with E-state index in [1.807, 2.05) is 12.1 Å². The Morgan fingerprint density at radius 3 is 2.74 bits per heavy atom. The number of urea groups is 1. The van der Waals surface area contributed by atoms with Gasteiger partial charge in [0.2, 0.25) is 0 Å². The van der Waals surface area contributed by atoms with Crippen molar-refractivity contribution >= 4 is 17.6 Å². The van der Waals surface area contributed by atoms with E-state index < -0.39 is 6.10 Å². The van der Waals surface area contributed by atoms with E-state index in [1.165, 1.54) is 11.1 Å². The number of rotatable bonds is 4. The number of carbonyl (C=O) groups excluding carboxylic acids is 1. The van der Waals surface area contributed by atoms with Crippen molar-refractivity contribution in [2.45, 2.75) is 25.0 Å². The average Bonchev–Trinajstić information content (AvgIpc) is 2.96. The summed E-state index contributed by atoms with van der Waals surface area (Å²) in [6, 6.07) is 14.9. The molecule has 2 aromatic carbocycles. The van der Waals surface area contributed by atoms with Gasteiger partial charge >= 0.3 is 6.03 Å². The smallest absolute Gasteiger partial charge is 0.315 e. The van der Waals surface area contributed by atoms with E-state index in [0.29, 0.717) is 5.02 Å². The Kier molecular flexibility index (Phi) is 4.84. The Morgan fingerprint density at radius 1 is 1.22 bits per heavy atom. The molecular formula is C18H19ClN2O2. The Bertz CT molecular complexity index is 688. The van der Waals surface area contributed by atoms with Crippen LogP contribution >= 0.6 is 11.6 Å². The van der Waals surface area contributed by atoms with Gasteiger partial charge < -0.3 is 15.7 Å². The lowest BCUT2D eigenvalue weighted by atomic mass is 10.1. The van der Waals surface area contributed by atoms with E-state index >= 15 is 0 Å². The minimum absolute atomic E-state index is 0.0406. The summed E-state index contributed by atoms with van der Waals surface area (Å²) in [5.41, 5.74) is 3.20. The number of fused-ring (bicyclic) bond motifs is 1. The summed E-state index contributed by atoms with van der Waals surface area (Å²) in [6.07, 6.45) is 1.13. The number of aryl methyl sites for hydroxylation is 1. The lowest BCUT2D eigenvalue weighted by Crippen LogP contribution is -2.39. The molecule has 3 rings (SSSR count). The number of carbonyl (C=O) groups is 1. The molecule has 1 aliphatic rings. The summed E-state index contributed by atoms with van der Waals surface area (Å²) in [6.45, 7) is 0.155. The van der Waals surface area contributed by atoms with Gasteiger partial charge in [0.25, 0.3) is 0 Å². The van der Waals surface area contributed by atoms with Crippen LogP contribution in [-0.4, -0.2) is 17.7 Å². The van der Waals surface area contributed by atoms with Crippen molar-refractivity contribution in [3.8, 4) is 0 Å². The average molecular weight is 331 g/mol. The van der Waals surface area contributed by atoms with Crippen LogP contribution in [0.5, 0.6) is 0 Å². The van der Waals surface area contributed by atoms with E-state index in [-0.39, 0.29) is 18.6 Å². The van der Waals surface area contributed by atoms with Crippen molar-refractivity contribution in [1.82, 2.24) is 10.6 Å². The van der Waals surface area contributed by atoms with Crippen LogP contribution < -0.4 is 10.6 Å². The van der Waals surface area contributed by atoms with Crippen molar-refractivity contribution in [1.29, 1.82) is 0 Å². The predicted octanol–water partition coefficient (Wildman–Crippen LogP) is 3.36. The number of hydrogen-bond donors (Lipinski definition) is 3. The molecule has 2 atom stereocenters. The lowest BCUT2D eigenvalue weighted by molar-refractivity contribution is 0.172. The molecule has 0 saturated carbocycles. The van der Waals surface area contributed by atoms with Crippen LogP contribution in [0.15, 0.2) is 48.5 Å². The molecule has 3 N–H and O–H groups in total. The van der Waals surface area contributed by atoms with Gasteiger partial charge in [-0.2, -0.15) is 0 Å². The third kappa shape index (κ3) is 3.84. The van der Waals surface area contributed by atoms with Gasteiger partial charge in [0.05, 0.1) is 12.1 Å². The van der Waals surface area contributed by atoms with Crippen LogP contribution in [-0.2, 0) is 6.42 Å². The van der Waals surface area contributed by atoms with E-state index in [0.717, 1.165) is 18.4 Å². The van der Waals surface area contributed by atoms with Crippen LogP contribution in [0.25, 0.3) is 0 Å². The lowest BCUT2D eigenvalue weighted by Gasteiger charge is -2.17. The molecule has 2 amide bonds. The quantitative estimate of drug-likeness (QED) is 0.805. The maximum Gasteiger partial charge on any atom is 0.315 e. The molecule has 0 bridgehead atoms. The van der Waals surface area contributed by atoms with Gasteiger partial charge in [-0.1, -0.05) is 48.0 Å². The summed E-state index contributed by atoms with van der Waals surface area (Å²) in [5.74, 6) is 0. The summed E-state index contributed by atoms with van der Waals surface area (Å²) in [5, 5.41) is 16.4. The zero-order chi connectivity index (χ0) is 16.2. The zero-order valence-electron chi connectivity index (χ0n) is 12.6. The Morgan fingerprint density at radius 2 is 1.96 bits per heavy atom. The molecule has 2 unspecified atom stereocenters. The third-order valence-electron chi connectivity index (χ3n) is 4.15. The third-order valence-corrected chi connectivity index (χ3v) is 4.40. The molecule has 0 saturated heterocycles. The highest BCUT2D eigenvalue weighted by Gasteiger charge is 2.23. The Hall–Kier alpha value is -2.04. The molecule has 0 radical (unpaired) electrons. The number of hydrogen-bond acceptors (Lipinski definition) is 2. The van der Waals surface area contributed by atoms with E-state index in [2.05, 4.69) is 22.8 Å². The van der Waals surface area contributed by atoms with Crippen molar-refractivity contribution in [3.05, 3.63) is 70.2 Å². The van der Waals surface area contributed by atoms with Crippen molar-refractivity contribution in [2.75, 3.05) is 6.54 Å². The van der Waals surface area contributed by atoms with Gasteiger partial charge in [-0.3, -0.25) is 0 Å². The van der Waals surface area contributed by atoms with Gasteiger partial charge in [0.15, 0.2) is 0 Å². The van der Waals surface area contributed by atoms with Gasteiger partial charge in [-0.15, -0.1) is 0 Å².